The van der Waals surface area contributed by atoms with Gasteiger partial charge in [-0.1, -0.05) is 0 Å². The van der Waals surface area contributed by atoms with E-state index in [0.29, 0.717) is 12.8 Å². The molecule has 0 amide bonds. The second-order valence-corrected chi connectivity index (χ2v) is 3.42. The molecule has 2 heterocycles. The third-order valence-electron chi connectivity index (χ3n) is 2.37. The van der Waals surface area contributed by atoms with Crippen LogP contribution in [0, 0.1) is 18.3 Å². The number of aryl methyl sites for hydroxylation is 1. The number of rotatable bonds is 3. The fraction of sp³-hybridized carbons (Fsp3) is 0.273. The minimum atomic E-state index is 0.480. The van der Waals surface area contributed by atoms with Crippen LogP contribution in [0.4, 0.5) is 0 Å². The fourth-order valence-electron chi connectivity index (χ4n) is 1.57. The average Bonchev–Trinajstić information content (AvgIpc) is 2.69. The molecule has 16 heavy (non-hydrogen) atoms. The van der Waals surface area contributed by atoms with Crippen molar-refractivity contribution in [2.75, 3.05) is 0 Å². The van der Waals surface area contributed by atoms with Crippen LogP contribution in [0.5, 0.6) is 0 Å². The predicted molar refractivity (Wildman–Crippen MR) is 58.3 cm³/mol. The molecule has 2 rings (SSSR count). The maximum Gasteiger partial charge on any atom is 0.116 e. The molecule has 0 radical (unpaired) electrons. The molecule has 0 atom stereocenters. The maximum absolute atomic E-state index is 8.61. The molecule has 0 aliphatic heterocycles. The normalized spacial score (nSPS) is 10.0. The van der Waals surface area contributed by atoms with Crippen LogP contribution in [0.15, 0.2) is 18.6 Å². The average molecular weight is 213 g/mol. The molecule has 0 aromatic carbocycles. The molecule has 0 spiro atoms. The Kier molecular flexibility index (Phi) is 2.92. The molecule has 1 N–H and O–H groups in total. The van der Waals surface area contributed by atoms with E-state index in [1.807, 2.05) is 6.92 Å². The summed E-state index contributed by atoms with van der Waals surface area (Å²) in [6.45, 7) is 1.94. The lowest BCUT2D eigenvalue weighted by molar-refractivity contribution is 0.991. The molecule has 0 bridgehead atoms. The summed E-state index contributed by atoms with van der Waals surface area (Å²) >= 11 is 0. The summed E-state index contributed by atoms with van der Waals surface area (Å²) in [4.78, 5) is 8.21. The summed E-state index contributed by atoms with van der Waals surface area (Å²) in [6.07, 6.45) is 6.09. The van der Waals surface area contributed by atoms with E-state index in [-0.39, 0.29) is 0 Å². The van der Waals surface area contributed by atoms with Gasteiger partial charge in [0.1, 0.15) is 11.4 Å². The van der Waals surface area contributed by atoms with Crippen LogP contribution in [-0.2, 0) is 6.42 Å². The first-order valence-electron chi connectivity index (χ1n) is 5.00. The number of aromatic amines is 1. The zero-order valence-electron chi connectivity index (χ0n) is 8.94. The van der Waals surface area contributed by atoms with Crippen molar-refractivity contribution in [1.82, 2.24) is 20.2 Å². The van der Waals surface area contributed by atoms with Crippen LogP contribution < -0.4 is 0 Å². The Morgan fingerprint density at radius 3 is 3.00 bits per heavy atom. The van der Waals surface area contributed by atoms with Gasteiger partial charge in [0, 0.05) is 30.1 Å². The van der Waals surface area contributed by atoms with Gasteiger partial charge in [0.2, 0.25) is 0 Å². The zero-order chi connectivity index (χ0) is 11.4. The van der Waals surface area contributed by atoms with Crippen LogP contribution in [-0.4, -0.2) is 20.2 Å². The van der Waals surface area contributed by atoms with E-state index in [1.54, 1.807) is 18.6 Å². The monoisotopic (exact) mass is 213 g/mol. The van der Waals surface area contributed by atoms with Gasteiger partial charge < -0.3 is 0 Å². The van der Waals surface area contributed by atoms with Crippen molar-refractivity contribution in [2.45, 2.75) is 19.8 Å². The van der Waals surface area contributed by atoms with Gasteiger partial charge in [0.25, 0.3) is 0 Å². The molecule has 5 nitrogen and oxygen atoms in total. The molecule has 0 saturated heterocycles. The Balaban J connectivity index is 2.39. The van der Waals surface area contributed by atoms with E-state index in [1.165, 1.54) is 0 Å². The number of nitrogens with zero attached hydrogens (tertiary/aromatic N) is 4. The molecular formula is C11H11N5. The van der Waals surface area contributed by atoms with Gasteiger partial charge in [-0.2, -0.15) is 10.4 Å². The molecular weight excluding hydrogens is 202 g/mol. The van der Waals surface area contributed by atoms with Gasteiger partial charge >= 0.3 is 0 Å². The summed E-state index contributed by atoms with van der Waals surface area (Å²) in [5.74, 6) is 0. The predicted octanol–water partition coefficient (Wildman–Crippen LogP) is 1.63. The van der Waals surface area contributed by atoms with Gasteiger partial charge in [-0.05, 0) is 13.3 Å². The van der Waals surface area contributed by atoms with Gasteiger partial charge in [-0.25, -0.2) is 0 Å². The van der Waals surface area contributed by atoms with Crippen LogP contribution >= 0.6 is 0 Å². The van der Waals surface area contributed by atoms with E-state index in [2.05, 4.69) is 26.2 Å². The van der Waals surface area contributed by atoms with E-state index in [9.17, 15) is 0 Å². The minimum absolute atomic E-state index is 0.480. The number of H-pyrrole nitrogens is 1. The fourth-order valence-corrected chi connectivity index (χ4v) is 1.57. The summed E-state index contributed by atoms with van der Waals surface area (Å²) < 4.78 is 0. The Morgan fingerprint density at radius 2 is 2.31 bits per heavy atom. The molecule has 0 aliphatic carbocycles. The Labute approximate surface area is 93.2 Å². The van der Waals surface area contributed by atoms with E-state index < -0.39 is 0 Å². The van der Waals surface area contributed by atoms with Gasteiger partial charge in [0.05, 0.1) is 12.3 Å². The zero-order valence-corrected chi connectivity index (χ0v) is 8.94. The molecule has 0 saturated carbocycles. The van der Waals surface area contributed by atoms with Crippen molar-refractivity contribution in [2.24, 2.45) is 0 Å². The first-order chi connectivity index (χ1) is 7.83. The highest BCUT2D eigenvalue weighted by atomic mass is 15.1. The standard InChI is InChI=1S/C11H11N5/c1-8-9(3-2-4-12)11(16-15-8)10-7-13-5-6-14-10/h5-7H,2-3H2,1H3,(H,15,16). The summed E-state index contributed by atoms with van der Waals surface area (Å²) in [5.41, 5.74) is 3.55. The Hall–Kier alpha value is -2.22. The number of nitriles is 1. The van der Waals surface area contributed by atoms with E-state index in [4.69, 9.17) is 5.26 Å². The molecule has 80 valence electrons. The highest BCUT2D eigenvalue weighted by Gasteiger charge is 2.12. The molecule has 0 fully saturated rings. The number of hydrogen-bond acceptors (Lipinski definition) is 4. The Bertz CT molecular complexity index is 509. The number of hydrogen-bond donors (Lipinski definition) is 1. The van der Waals surface area contributed by atoms with Crippen LogP contribution in [0.3, 0.4) is 0 Å². The van der Waals surface area contributed by atoms with Crippen molar-refractivity contribution in [3.05, 3.63) is 29.8 Å². The molecule has 0 aliphatic rings. The largest absolute Gasteiger partial charge is 0.282 e. The van der Waals surface area contributed by atoms with Crippen LogP contribution in [0.2, 0.25) is 0 Å². The van der Waals surface area contributed by atoms with Crippen molar-refractivity contribution < 1.29 is 0 Å². The van der Waals surface area contributed by atoms with Crippen molar-refractivity contribution in [3.8, 4) is 17.5 Å². The minimum Gasteiger partial charge on any atom is -0.282 e. The third kappa shape index (κ3) is 1.91. The lowest BCUT2D eigenvalue weighted by Crippen LogP contribution is -1.91. The second-order valence-electron chi connectivity index (χ2n) is 3.42. The molecule has 0 unspecified atom stereocenters. The van der Waals surface area contributed by atoms with Crippen LogP contribution in [0.1, 0.15) is 17.7 Å². The van der Waals surface area contributed by atoms with Crippen molar-refractivity contribution in [1.29, 1.82) is 5.26 Å². The lowest BCUT2D eigenvalue weighted by atomic mass is 10.1. The second kappa shape index (κ2) is 4.53. The van der Waals surface area contributed by atoms with Gasteiger partial charge in [-0.15, -0.1) is 0 Å². The summed E-state index contributed by atoms with van der Waals surface area (Å²) in [6, 6.07) is 2.13. The smallest absolute Gasteiger partial charge is 0.116 e. The lowest BCUT2D eigenvalue weighted by Gasteiger charge is -1.99. The third-order valence-corrected chi connectivity index (χ3v) is 2.37. The first-order valence-corrected chi connectivity index (χ1v) is 5.00. The first kappa shape index (κ1) is 10.3. The van der Waals surface area contributed by atoms with Crippen molar-refractivity contribution in [3.63, 3.8) is 0 Å². The van der Waals surface area contributed by atoms with Gasteiger partial charge in [-0.3, -0.25) is 15.1 Å². The summed E-state index contributed by atoms with van der Waals surface area (Å²) in [5, 5.41) is 15.7. The molecule has 5 heteroatoms. The Morgan fingerprint density at radius 1 is 1.44 bits per heavy atom. The number of nitrogens with one attached hydrogen (secondary N) is 1. The summed E-state index contributed by atoms with van der Waals surface area (Å²) in [7, 11) is 0. The SMILES string of the molecule is Cc1[nH]nc(-c2cnccn2)c1CCC#N. The quantitative estimate of drug-likeness (QED) is 0.840. The van der Waals surface area contributed by atoms with E-state index >= 15 is 0 Å². The van der Waals surface area contributed by atoms with Crippen LogP contribution in [0.25, 0.3) is 11.4 Å². The maximum atomic E-state index is 8.61. The highest BCUT2D eigenvalue weighted by Crippen LogP contribution is 2.21. The van der Waals surface area contributed by atoms with Crippen molar-refractivity contribution >= 4 is 0 Å². The van der Waals surface area contributed by atoms with E-state index in [0.717, 1.165) is 22.6 Å². The van der Waals surface area contributed by atoms with Gasteiger partial charge in [0.15, 0.2) is 0 Å². The molecule has 2 aromatic rings. The topological polar surface area (TPSA) is 78.2 Å². The highest BCUT2D eigenvalue weighted by molar-refractivity contribution is 5.58. The number of aromatic nitrogens is 4. The molecule has 2 aromatic heterocycles.